The fourth-order valence-electron chi connectivity index (χ4n) is 2.10. The van der Waals surface area contributed by atoms with E-state index < -0.39 is 15.6 Å². The van der Waals surface area contributed by atoms with Crippen LogP contribution in [0.5, 0.6) is 0 Å². The lowest BCUT2D eigenvalue weighted by Gasteiger charge is -2.22. The topological polar surface area (TPSA) is 67.4 Å². The number of halogens is 1. The molecule has 1 atom stereocenters. The number of ether oxygens (including phenoxy) is 1. The van der Waals surface area contributed by atoms with Crippen molar-refractivity contribution >= 4 is 37.3 Å². The predicted molar refractivity (Wildman–Crippen MR) is 88.2 cm³/mol. The molecule has 0 aromatic carbocycles. The van der Waals surface area contributed by atoms with Crippen LogP contribution >= 0.6 is 27.3 Å². The molecule has 5 nitrogen and oxygen atoms in total. The van der Waals surface area contributed by atoms with Gasteiger partial charge in [-0.15, -0.1) is 11.3 Å². The van der Waals surface area contributed by atoms with Gasteiger partial charge in [-0.05, 0) is 35.3 Å². The van der Waals surface area contributed by atoms with E-state index in [1.54, 1.807) is 6.07 Å². The lowest BCUT2D eigenvalue weighted by atomic mass is 10.0. The summed E-state index contributed by atoms with van der Waals surface area (Å²) in [5.74, 6) is 0. The first-order valence-corrected chi connectivity index (χ1v) is 9.94. The first kappa shape index (κ1) is 17.4. The summed E-state index contributed by atoms with van der Waals surface area (Å²) in [4.78, 5) is 1.30. The quantitative estimate of drug-likeness (QED) is 0.774. The Morgan fingerprint density at radius 3 is 2.81 bits per heavy atom. The second-order valence-electron chi connectivity index (χ2n) is 5.86. The van der Waals surface area contributed by atoms with E-state index in [-0.39, 0.29) is 0 Å². The van der Waals surface area contributed by atoms with Gasteiger partial charge < -0.3 is 10.1 Å². The Morgan fingerprint density at radius 1 is 1.52 bits per heavy atom. The van der Waals surface area contributed by atoms with Crippen molar-refractivity contribution < 1.29 is 13.2 Å². The zero-order chi connectivity index (χ0) is 15.7. The van der Waals surface area contributed by atoms with Gasteiger partial charge in [0.1, 0.15) is 4.90 Å². The number of hydrogen-bond acceptors (Lipinski definition) is 5. The largest absolute Gasteiger partial charge is 0.379 e. The molecule has 0 spiro atoms. The van der Waals surface area contributed by atoms with Crippen LogP contribution in [0.2, 0.25) is 0 Å². The molecule has 2 N–H and O–H groups in total. The van der Waals surface area contributed by atoms with E-state index in [0.29, 0.717) is 40.9 Å². The van der Waals surface area contributed by atoms with Crippen LogP contribution in [0.3, 0.4) is 0 Å². The van der Waals surface area contributed by atoms with Crippen molar-refractivity contribution in [3.05, 3.63) is 14.7 Å². The van der Waals surface area contributed by atoms with Crippen molar-refractivity contribution in [1.29, 1.82) is 0 Å². The molecule has 0 aliphatic carbocycles. The first-order chi connectivity index (χ1) is 9.72. The molecule has 2 rings (SSSR count). The number of hydrogen-bond donors (Lipinski definition) is 2. The summed E-state index contributed by atoms with van der Waals surface area (Å²) < 4.78 is 33.8. The molecular formula is C13H21BrN2O3S2. The monoisotopic (exact) mass is 396 g/mol. The second kappa shape index (κ2) is 6.64. The molecule has 0 bridgehead atoms. The van der Waals surface area contributed by atoms with Crippen molar-refractivity contribution in [1.82, 2.24) is 10.0 Å². The van der Waals surface area contributed by atoms with E-state index in [1.165, 1.54) is 11.3 Å². The Hall–Kier alpha value is 0.01000. The highest BCUT2D eigenvalue weighted by molar-refractivity contribution is 9.11. The van der Waals surface area contributed by atoms with E-state index in [2.05, 4.69) is 39.8 Å². The zero-order valence-electron chi connectivity index (χ0n) is 12.4. The van der Waals surface area contributed by atoms with Gasteiger partial charge in [0, 0.05) is 24.1 Å². The van der Waals surface area contributed by atoms with Gasteiger partial charge in [-0.1, -0.05) is 13.8 Å². The van der Waals surface area contributed by atoms with Crippen LogP contribution in [0, 0.1) is 0 Å². The Kier molecular flexibility index (Phi) is 5.49. The molecule has 1 unspecified atom stereocenters. The van der Waals surface area contributed by atoms with Crippen LogP contribution in [0.25, 0.3) is 0 Å². The lowest BCUT2D eigenvalue weighted by Crippen LogP contribution is -2.46. The van der Waals surface area contributed by atoms with E-state index >= 15 is 0 Å². The van der Waals surface area contributed by atoms with Crippen LogP contribution < -0.4 is 10.0 Å². The molecule has 8 heteroatoms. The van der Waals surface area contributed by atoms with Crippen LogP contribution in [0.4, 0.5) is 0 Å². The minimum absolute atomic E-state index is 0.307. The standard InChI is InChI=1S/C13H21BrN2O3S2/c1-9(2)15-7-10-6-11(12(14)20-10)21(17,18)16-13(3)4-5-19-8-13/h6,9,15-16H,4-5,7-8H2,1-3H3. The summed E-state index contributed by atoms with van der Waals surface area (Å²) in [5, 5.41) is 3.29. The molecule has 1 saturated heterocycles. The summed E-state index contributed by atoms with van der Waals surface area (Å²) in [5.41, 5.74) is -0.517. The molecule has 0 amide bonds. The van der Waals surface area contributed by atoms with Crippen molar-refractivity contribution in [2.45, 2.75) is 50.2 Å². The van der Waals surface area contributed by atoms with Gasteiger partial charge in [0.25, 0.3) is 0 Å². The summed E-state index contributed by atoms with van der Waals surface area (Å²) in [7, 11) is -3.54. The van der Waals surface area contributed by atoms with E-state index in [0.717, 1.165) is 4.88 Å². The maximum atomic E-state index is 12.6. The van der Waals surface area contributed by atoms with E-state index in [9.17, 15) is 8.42 Å². The van der Waals surface area contributed by atoms with Crippen molar-refractivity contribution in [3.8, 4) is 0 Å². The fraction of sp³-hybridized carbons (Fsp3) is 0.692. The summed E-state index contributed by atoms with van der Waals surface area (Å²) >= 11 is 4.81. The third-order valence-electron chi connectivity index (χ3n) is 3.28. The molecule has 1 aromatic heterocycles. The molecule has 21 heavy (non-hydrogen) atoms. The number of thiophene rings is 1. The molecule has 1 aliphatic heterocycles. The molecule has 0 radical (unpaired) electrons. The highest BCUT2D eigenvalue weighted by atomic mass is 79.9. The third kappa shape index (κ3) is 4.49. The van der Waals surface area contributed by atoms with Gasteiger partial charge in [0.15, 0.2) is 0 Å². The van der Waals surface area contributed by atoms with Gasteiger partial charge in [0.05, 0.1) is 15.9 Å². The van der Waals surface area contributed by atoms with Crippen LogP contribution in [-0.4, -0.2) is 33.2 Å². The van der Waals surface area contributed by atoms with Gasteiger partial charge in [-0.25, -0.2) is 13.1 Å². The average molecular weight is 397 g/mol. The molecule has 2 heterocycles. The molecule has 1 fully saturated rings. The molecule has 120 valence electrons. The molecular weight excluding hydrogens is 376 g/mol. The Balaban J connectivity index is 2.16. The molecule has 1 aromatic rings. The SMILES string of the molecule is CC(C)NCc1cc(S(=O)(=O)NC2(C)CCOC2)c(Br)s1. The Bertz CT molecular complexity index is 593. The molecule has 1 aliphatic rings. The van der Waals surface area contributed by atoms with Crippen LogP contribution in [0.1, 0.15) is 32.1 Å². The van der Waals surface area contributed by atoms with Crippen molar-refractivity contribution in [2.24, 2.45) is 0 Å². The highest BCUT2D eigenvalue weighted by Gasteiger charge is 2.35. The first-order valence-electron chi connectivity index (χ1n) is 6.85. The number of sulfonamides is 1. The highest BCUT2D eigenvalue weighted by Crippen LogP contribution is 2.33. The second-order valence-corrected chi connectivity index (χ2v) is 9.96. The number of nitrogens with one attached hydrogen (secondary N) is 2. The smallest absolute Gasteiger partial charge is 0.243 e. The minimum atomic E-state index is -3.54. The lowest BCUT2D eigenvalue weighted by molar-refractivity contribution is 0.178. The number of rotatable bonds is 6. The average Bonchev–Trinajstić information content (AvgIpc) is 2.92. The van der Waals surface area contributed by atoms with Gasteiger partial charge in [0.2, 0.25) is 10.0 Å². The third-order valence-corrected chi connectivity index (χ3v) is 7.17. The van der Waals surface area contributed by atoms with Crippen molar-refractivity contribution in [2.75, 3.05) is 13.2 Å². The fourth-order valence-corrected chi connectivity index (χ4v) is 6.16. The van der Waals surface area contributed by atoms with Gasteiger partial charge >= 0.3 is 0 Å². The summed E-state index contributed by atoms with van der Waals surface area (Å²) in [6.45, 7) is 7.66. The Labute approximate surface area is 138 Å². The van der Waals surface area contributed by atoms with Gasteiger partial charge in [-0.3, -0.25) is 0 Å². The zero-order valence-corrected chi connectivity index (χ0v) is 15.6. The van der Waals surface area contributed by atoms with Crippen LogP contribution in [-0.2, 0) is 21.3 Å². The van der Waals surface area contributed by atoms with Crippen LogP contribution in [0.15, 0.2) is 14.7 Å². The maximum absolute atomic E-state index is 12.6. The predicted octanol–water partition coefficient (Wildman–Crippen LogP) is 2.47. The summed E-state index contributed by atoms with van der Waals surface area (Å²) in [6.07, 6.45) is 0.690. The normalized spacial score (nSPS) is 23.1. The molecule has 0 saturated carbocycles. The van der Waals surface area contributed by atoms with E-state index in [4.69, 9.17) is 4.74 Å². The maximum Gasteiger partial charge on any atom is 0.243 e. The minimum Gasteiger partial charge on any atom is -0.379 e. The van der Waals surface area contributed by atoms with Crippen molar-refractivity contribution in [3.63, 3.8) is 0 Å². The van der Waals surface area contributed by atoms with Gasteiger partial charge in [-0.2, -0.15) is 0 Å². The Morgan fingerprint density at radius 2 is 2.24 bits per heavy atom. The summed E-state index contributed by atoms with van der Waals surface area (Å²) in [6, 6.07) is 2.09. The van der Waals surface area contributed by atoms with E-state index in [1.807, 2.05) is 6.92 Å².